The molecular weight excluding hydrogens is 418 g/mol. The van der Waals surface area contributed by atoms with Crippen LogP contribution in [0, 0.1) is 0 Å². The van der Waals surface area contributed by atoms with Crippen molar-refractivity contribution in [2.75, 3.05) is 53.0 Å². The molecule has 1 fully saturated rings. The van der Waals surface area contributed by atoms with Gasteiger partial charge in [-0.3, -0.25) is 9.69 Å². The summed E-state index contributed by atoms with van der Waals surface area (Å²) in [6.07, 6.45) is 0. The Morgan fingerprint density at radius 2 is 1.48 bits per heavy atom. The average Bonchev–Trinajstić information content (AvgIpc) is 2.81. The molecule has 0 aromatic heterocycles. The highest BCUT2D eigenvalue weighted by Gasteiger charge is 2.18. The van der Waals surface area contributed by atoms with Crippen LogP contribution in [-0.2, 0) is 13.1 Å². The van der Waals surface area contributed by atoms with E-state index in [1.54, 1.807) is 12.1 Å². The molecule has 0 bridgehead atoms. The van der Waals surface area contributed by atoms with Crippen LogP contribution >= 0.6 is 0 Å². The third-order valence-corrected chi connectivity index (χ3v) is 5.62. The van der Waals surface area contributed by atoms with Crippen molar-refractivity contribution in [2.24, 2.45) is 0 Å². The van der Waals surface area contributed by atoms with Gasteiger partial charge in [0, 0.05) is 44.8 Å². The van der Waals surface area contributed by atoms with Gasteiger partial charge in [0.1, 0.15) is 0 Å². The van der Waals surface area contributed by atoms with Crippen molar-refractivity contribution in [1.82, 2.24) is 15.1 Å². The maximum atomic E-state index is 13.0. The van der Waals surface area contributed by atoms with E-state index in [-0.39, 0.29) is 5.91 Å². The fraction of sp³-hybridized carbons (Fsp3) is 0.500. The van der Waals surface area contributed by atoms with E-state index in [2.05, 4.69) is 40.4 Å². The molecule has 1 heterocycles. The predicted octanol–water partition coefficient (Wildman–Crippen LogP) is 3.56. The van der Waals surface area contributed by atoms with Gasteiger partial charge in [-0.25, -0.2) is 0 Å². The first kappa shape index (κ1) is 24.9. The molecule has 0 radical (unpaired) electrons. The van der Waals surface area contributed by atoms with E-state index < -0.39 is 0 Å². The number of hydrogen-bond donors (Lipinski definition) is 1. The number of piperazine rings is 1. The molecule has 0 aliphatic carbocycles. The normalized spacial score (nSPS) is 14.7. The molecule has 1 saturated heterocycles. The van der Waals surface area contributed by atoms with Crippen molar-refractivity contribution in [3.8, 4) is 17.2 Å². The van der Waals surface area contributed by atoms with Crippen molar-refractivity contribution in [1.29, 1.82) is 0 Å². The van der Waals surface area contributed by atoms with Crippen LogP contribution in [0.25, 0.3) is 0 Å². The molecule has 0 spiro atoms. The highest BCUT2D eigenvalue weighted by atomic mass is 16.5. The molecule has 0 atom stereocenters. The fourth-order valence-electron chi connectivity index (χ4n) is 3.91. The Balaban J connectivity index is 1.67. The molecular formula is C26H37N3O4. The molecule has 0 saturated carbocycles. The first-order chi connectivity index (χ1) is 16.0. The maximum absolute atomic E-state index is 13.0. The second kappa shape index (κ2) is 12.5. The van der Waals surface area contributed by atoms with Gasteiger partial charge in [0.15, 0.2) is 11.5 Å². The third-order valence-electron chi connectivity index (χ3n) is 5.62. The molecule has 1 aliphatic heterocycles. The Morgan fingerprint density at radius 3 is 2.09 bits per heavy atom. The smallest absolute Gasteiger partial charge is 0.251 e. The highest BCUT2D eigenvalue weighted by molar-refractivity contribution is 5.95. The van der Waals surface area contributed by atoms with E-state index in [9.17, 15) is 4.79 Å². The monoisotopic (exact) mass is 455 g/mol. The zero-order chi connectivity index (χ0) is 23.6. The summed E-state index contributed by atoms with van der Waals surface area (Å²) < 4.78 is 17.2. The zero-order valence-electron chi connectivity index (χ0n) is 20.4. The van der Waals surface area contributed by atoms with E-state index in [1.807, 2.05) is 26.8 Å². The number of amides is 1. The molecule has 180 valence electrons. The van der Waals surface area contributed by atoms with Crippen LogP contribution in [0.5, 0.6) is 17.2 Å². The highest BCUT2D eigenvalue weighted by Crippen LogP contribution is 2.39. The van der Waals surface area contributed by atoms with Gasteiger partial charge in [-0.2, -0.15) is 0 Å². The summed E-state index contributed by atoms with van der Waals surface area (Å²) in [5, 5.41) is 3.03. The first-order valence-electron chi connectivity index (χ1n) is 11.9. The van der Waals surface area contributed by atoms with Crippen LogP contribution in [0.15, 0.2) is 36.4 Å². The molecule has 7 nitrogen and oxygen atoms in total. The largest absolute Gasteiger partial charge is 0.490 e. The number of nitrogens with one attached hydrogen (secondary N) is 1. The Labute approximate surface area is 197 Å². The number of rotatable bonds is 11. The van der Waals surface area contributed by atoms with Crippen molar-refractivity contribution < 1.29 is 19.0 Å². The fourth-order valence-corrected chi connectivity index (χ4v) is 3.91. The zero-order valence-corrected chi connectivity index (χ0v) is 20.4. The van der Waals surface area contributed by atoms with Gasteiger partial charge in [0.25, 0.3) is 5.91 Å². The number of hydrogen-bond acceptors (Lipinski definition) is 6. The summed E-state index contributed by atoms with van der Waals surface area (Å²) in [6.45, 7) is 12.9. The molecule has 1 aliphatic rings. The summed E-state index contributed by atoms with van der Waals surface area (Å²) in [6, 6.07) is 11.9. The minimum atomic E-state index is -0.176. The summed E-state index contributed by atoms with van der Waals surface area (Å²) >= 11 is 0. The Morgan fingerprint density at radius 1 is 0.879 bits per heavy atom. The van der Waals surface area contributed by atoms with E-state index in [4.69, 9.17) is 14.2 Å². The van der Waals surface area contributed by atoms with Gasteiger partial charge >= 0.3 is 0 Å². The standard InChI is InChI=1S/C26H37N3O4/c1-5-31-23-16-22(17-24(32-6-2)25(23)33-7-3)26(30)27-18-20-9-8-10-21(15-20)19-29-13-11-28(4)12-14-29/h8-10,15-17H,5-7,11-14,18-19H2,1-4H3,(H,27,30). The van der Waals surface area contributed by atoms with Crippen LogP contribution in [0.1, 0.15) is 42.3 Å². The molecule has 7 heteroatoms. The van der Waals surface area contributed by atoms with Crippen LogP contribution in [-0.4, -0.2) is 68.8 Å². The van der Waals surface area contributed by atoms with E-state index in [0.29, 0.717) is 49.2 Å². The summed E-state index contributed by atoms with van der Waals surface area (Å²) in [5.41, 5.74) is 2.83. The summed E-state index contributed by atoms with van der Waals surface area (Å²) in [5.74, 6) is 1.40. The number of ether oxygens (including phenoxy) is 3. The number of carbonyl (C=O) groups is 1. The molecule has 2 aromatic rings. The molecule has 2 aromatic carbocycles. The van der Waals surface area contributed by atoms with Gasteiger partial charge < -0.3 is 24.4 Å². The lowest BCUT2D eigenvalue weighted by molar-refractivity contribution is 0.0949. The van der Waals surface area contributed by atoms with Gasteiger partial charge in [0.05, 0.1) is 19.8 Å². The molecule has 1 amide bonds. The lowest BCUT2D eigenvalue weighted by Gasteiger charge is -2.32. The Kier molecular flexibility index (Phi) is 9.39. The molecule has 3 rings (SSSR count). The second-order valence-electron chi connectivity index (χ2n) is 8.18. The second-order valence-corrected chi connectivity index (χ2v) is 8.18. The minimum absolute atomic E-state index is 0.176. The first-order valence-corrected chi connectivity index (χ1v) is 11.9. The average molecular weight is 456 g/mol. The third kappa shape index (κ3) is 7.11. The van der Waals surface area contributed by atoms with E-state index in [0.717, 1.165) is 38.3 Å². The van der Waals surface area contributed by atoms with Crippen molar-refractivity contribution in [3.05, 3.63) is 53.1 Å². The van der Waals surface area contributed by atoms with Gasteiger partial charge in [-0.15, -0.1) is 0 Å². The lowest BCUT2D eigenvalue weighted by Crippen LogP contribution is -2.43. The van der Waals surface area contributed by atoms with Gasteiger partial charge in [-0.1, -0.05) is 24.3 Å². The number of likely N-dealkylation sites (N-methyl/N-ethyl adjacent to an activating group) is 1. The van der Waals surface area contributed by atoms with Crippen molar-refractivity contribution in [2.45, 2.75) is 33.9 Å². The van der Waals surface area contributed by atoms with Crippen molar-refractivity contribution >= 4 is 5.91 Å². The quantitative estimate of drug-likeness (QED) is 0.559. The number of benzene rings is 2. The molecule has 0 unspecified atom stereocenters. The van der Waals surface area contributed by atoms with E-state index in [1.165, 1.54) is 5.56 Å². The molecule has 33 heavy (non-hydrogen) atoms. The predicted molar refractivity (Wildman–Crippen MR) is 130 cm³/mol. The molecule has 1 N–H and O–H groups in total. The van der Waals surface area contributed by atoms with E-state index >= 15 is 0 Å². The maximum Gasteiger partial charge on any atom is 0.251 e. The Bertz CT molecular complexity index is 883. The minimum Gasteiger partial charge on any atom is -0.490 e. The number of nitrogens with zero attached hydrogens (tertiary/aromatic N) is 2. The van der Waals surface area contributed by atoms with Gasteiger partial charge in [-0.05, 0) is 51.1 Å². The Hall–Kier alpha value is -2.77. The van der Waals surface area contributed by atoms with Crippen molar-refractivity contribution in [3.63, 3.8) is 0 Å². The van der Waals surface area contributed by atoms with Crippen LogP contribution in [0.4, 0.5) is 0 Å². The van der Waals surface area contributed by atoms with Crippen LogP contribution < -0.4 is 19.5 Å². The number of carbonyl (C=O) groups excluding carboxylic acids is 1. The summed E-state index contributed by atoms with van der Waals surface area (Å²) in [4.78, 5) is 17.8. The lowest BCUT2D eigenvalue weighted by atomic mass is 10.1. The van der Waals surface area contributed by atoms with Gasteiger partial charge in [0.2, 0.25) is 5.75 Å². The summed E-state index contributed by atoms with van der Waals surface area (Å²) in [7, 11) is 2.17. The van der Waals surface area contributed by atoms with Crippen LogP contribution in [0.3, 0.4) is 0 Å². The van der Waals surface area contributed by atoms with Crippen LogP contribution in [0.2, 0.25) is 0 Å². The SMILES string of the molecule is CCOc1cc(C(=O)NCc2cccc(CN3CCN(C)CC3)c2)cc(OCC)c1OCC. The topological polar surface area (TPSA) is 63.3 Å².